The van der Waals surface area contributed by atoms with Gasteiger partial charge in [0.25, 0.3) is 0 Å². The summed E-state index contributed by atoms with van der Waals surface area (Å²) >= 11 is 0. The van der Waals surface area contributed by atoms with Gasteiger partial charge < -0.3 is 0 Å². The Morgan fingerprint density at radius 2 is 1.76 bits per heavy atom. The van der Waals surface area contributed by atoms with Gasteiger partial charge in [-0.05, 0) is 12.1 Å². The minimum atomic E-state index is -0.672. The molecule has 2 rings (SSSR count). The molecule has 0 aliphatic rings. The van der Waals surface area contributed by atoms with Crippen LogP contribution in [0.1, 0.15) is 21.5 Å². The van der Waals surface area contributed by atoms with Crippen LogP contribution in [0, 0.1) is 17.1 Å². The van der Waals surface area contributed by atoms with Crippen molar-refractivity contribution in [3.63, 3.8) is 0 Å². The number of nitriles is 1. The molecular weight excluding hydrogens is 217 g/mol. The van der Waals surface area contributed by atoms with E-state index in [1.54, 1.807) is 36.4 Å². The Bertz CT molecular complexity index is 599. The number of benzene rings is 2. The standard InChI is InChI=1S/C14H8FNO/c15-13-8-4-7-11(12(13)9-16)14(17)10-5-2-1-3-6-10/h1-8H. The lowest BCUT2D eigenvalue weighted by Gasteiger charge is -2.03. The fourth-order valence-corrected chi connectivity index (χ4v) is 1.57. The third-order valence-corrected chi connectivity index (χ3v) is 2.41. The number of rotatable bonds is 2. The van der Waals surface area contributed by atoms with Crippen molar-refractivity contribution < 1.29 is 9.18 Å². The zero-order valence-electron chi connectivity index (χ0n) is 8.85. The molecule has 3 heteroatoms. The number of hydrogen-bond donors (Lipinski definition) is 0. The molecule has 2 nitrogen and oxygen atoms in total. The highest BCUT2D eigenvalue weighted by Gasteiger charge is 2.15. The molecule has 2 aromatic carbocycles. The van der Waals surface area contributed by atoms with Crippen molar-refractivity contribution in [3.8, 4) is 6.07 Å². The van der Waals surface area contributed by atoms with Crippen molar-refractivity contribution in [1.29, 1.82) is 5.26 Å². The fraction of sp³-hybridized carbons (Fsp3) is 0. The summed E-state index contributed by atoms with van der Waals surface area (Å²) in [6, 6.07) is 14.3. The highest BCUT2D eigenvalue weighted by molar-refractivity contribution is 6.10. The predicted molar refractivity (Wildman–Crippen MR) is 61.0 cm³/mol. The van der Waals surface area contributed by atoms with Crippen molar-refractivity contribution in [2.45, 2.75) is 0 Å². The van der Waals surface area contributed by atoms with Crippen molar-refractivity contribution in [1.82, 2.24) is 0 Å². The molecule has 2 aromatic rings. The summed E-state index contributed by atoms with van der Waals surface area (Å²) in [6.45, 7) is 0. The lowest BCUT2D eigenvalue weighted by Crippen LogP contribution is -2.05. The molecule has 0 aliphatic carbocycles. The zero-order valence-corrected chi connectivity index (χ0v) is 8.85. The van der Waals surface area contributed by atoms with Crippen LogP contribution in [0.4, 0.5) is 4.39 Å². The van der Waals surface area contributed by atoms with E-state index in [4.69, 9.17) is 5.26 Å². The van der Waals surface area contributed by atoms with Crippen LogP contribution in [0.25, 0.3) is 0 Å². The van der Waals surface area contributed by atoms with E-state index >= 15 is 0 Å². The van der Waals surface area contributed by atoms with Gasteiger partial charge in [-0.25, -0.2) is 4.39 Å². The van der Waals surface area contributed by atoms with Crippen molar-refractivity contribution in [2.24, 2.45) is 0 Å². The van der Waals surface area contributed by atoms with E-state index in [0.29, 0.717) is 5.56 Å². The van der Waals surface area contributed by atoms with Gasteiger partial charge in [-0.2, -0.15) is 5.26 Å². The number of ketones is 1. The van der Waals surface area contributed by atoms with Gasteiger partial charge in [0.05, 0.1) is 5.56 Å². The number of nitrogens with zero attached hydrogens (tertiary/aromatic N) is 1. The molecule has 0 amide bonds. The summed E-state index contributed by atoms with van der Waals surface area (Å²) in [6.07, 6.45) is 0. The third kappa shape index (κ3) is 2.06. The topological polar surface area (TPSA) is 40.9 Å². The maximum atomic E-state index is 13.4. The van der Waals surface area contributed by atoms with E-state index in [1.807, 2.05) is 0 Å². The molecule has 17 heavy (non-hydrogen) atoms. The molecule has 0 saturated carbocycles. The first-order chi connectivity index (χ1) is 8.24. The Labute approximate surface area is 97.9 Å². The van der Waals surface area contributed by atoms with Crippen molar-refractivity contribution in [3.05, 3.63) is 71.0 Å². The summed E-state index contributed by atoms with van der Waals surface area (Å²) in [7, 11) is 0. The summed E-state index contributed by atoms with van der Waals surface area (Å²) < 4.78 is 13.4. The van der Waals surface area contributed by atoms with E-state index in [9.17, 15) is 9.18 Å². The van der Waals surface area contributed by atoms with Gasteiger partial charge in [0.1, 0.15) is 11.9 Å². The summed E-state index contributed by atoms with van der Waals surface area (Å²) in [5.74, 6) is -1.02. The fourth-order valence-electron chi connectivity index (χ4n) is 1.57. The average molecular weight is 225 g/mol. The molecule has 0 N–H and O–H groups in total. The Morgan fingerprint density at radius 1 is 1.06 bits per heavy atom. The van der Waals surface area contributed by atoms with E-state index in [2.05, 4.69) is 0 Å². The monoisotopic (exact) mass is 225 g/mol. The maximum absolute atomic E-state index is 13.4. The molecule has 0 radical (unpaired) electrons. The van der Waals surface area contributed by atoms with Crippen LogP contribution in [-0.4, -0.2) is 5.78 Å². The molecule has 0 bridgehead atoms. The van der Waals surface area contributed by atoms with Crippen LogP contribution in [0.5, 0.6) is 0 Å². The smallest absolute Gasteiger partial charge is 0.194 e. The van der Waals surface area contributed by atoms with Gasteiger partial charge in [-0.15, -0.1) is 0 Å². The van der Waals surface area contributed by atoms with Gasteiger partial charge in [0.2, 0.25) is 0 Å². The Balaban J connectivity index is 2.53. The molecule has 0 spiro atoms. The van der Waals surface area contributed by atoms with Crippen LogP contribution >= 0.6 is 0 Å². The second-order valence-electron chi connectivity index (χ2n) is 3.47. The van der Waals surface area contributed by atoms with Crippen molar-refractivity contribution in [2.75, 3.05) is 0 Å². The lowest BCUT2D eigenvalue weighted by molar-refractivity contribution is 0.103. The third-order valence-electron chi connectivity index (χ3n) is 2.41. The Morgan fingerprint density at radius 3 is 2.41 bits per heavy atom. The highest BCUT2D eigenvalue weighted by Crippen LogP contribution is 2.16. The molecule has 0 aliphatic heterocycles. The molecule has 0 aromatic heterocycles. The number of carbonyl (C=O) groups is 1. The molecule has 0 unspecified atom stereocenters. The number of hydrogen-bond acceptors (Lipinski definition) is 2. The van der Waals surface area contributed by atoms with Crippen LogP contribution in [0.2, 0.25) is 0 Å². The average Bonchev–Trinajstić information content (AvgIpc) is 2.38. The van der Waals surface area contributed by atoms with Crippen molar-refractivity contribution >= 4 is 5.78 Å². The second kappa shape index (κ2) is 4.58. The summed E-state index contributed by atoms with van der Waals surface area (Å²) in [5.41, 5.74) is 0.328. The highest BCUT2D eigenvalue weighted by atomic mass is 19.1. The minimum Gasteiger partial charge on any atom is -0.289 e. The van der Waals surface area contributed by atoms with Crippen LogP contribution in [-0.2, 0) is 0 Å². The molecule has 0 heterocycles. The zero-order chi connectivity index (χ0) is 12.3. The number of halogens is 1. The molecule has 82 valence electrons. The van der Waals surface area contributed by atoms with Gasteiger partial charge in [-0.3, -0.25) is 4.79 Å². The first kappa shape index (κ1) is 11.0. The first-order valence-electron chi connectivity index (χ1n) is 5.02. The van der Waals surface area contributed by atoms with E-state index in [-0.39, 0.29) is 16.9 Å². The van der Waals surface area contributed by atoms with Crippen LogP contribution in [0.15, 0.2) is 48.5 Å². The van der Waals surface area contributed by atoms with Crippen LogP contribution < -0.4 is 0 Å². The van der Waals surface area contributed by atoms with Gasteiger partial charge in [-0.1, -0.05) is 36.4 Å². The summed E-state index contributed by atoms with van der Waals surface area (Å²) in [4.78, 5) is 12.1. The molecular formula is C14H8FNO. The first-order valence-corrected chi connectivity index (χ1v) is 5.02. The maximum Gasteiger partial charge on any atom is 0.194 e. The largest absolute Gasteiger partial charge is 0.289 e. The van der Waals surface area contributed by atoms with E-state index < -0.39 is 5.82 Å². The second-order valence-corrected chi connectivity index (χ2v) is 3.47. The number of carbonyl (C=O) groups excluding carboxylic acids is 1. The Hall–Kier alpha value is -2.47. The predicted octanol–water partition coefficient (Wildman–Crippen LogP) is 2.93. The molecule has 0 fully saturated rings. The summed E-state index contributed by atoms with van der Waals surface area (Å²) in [5, 5.41) is 8.85. The lowest BCUT2D eigenvalue weighted by atomic mass is 9.99. The van der Waals surface area contributed by atoms with Gasteiger partial charge in [0, 0.05) is 11.1 Å². The van der Waals surface area contributed by atoms with Crippen LogP contribution in [0.3, 0.4) is 0 Å². The minimum absolute atomic E-state index is 0.0960. The molecule has 0 saturated heterocycles. The van der Waals surface area contributed by atoms with E-state index in [1.165, 1.54) is 18.2 Å². The SMILES string of the molecule is N#Cc1c(F)cccc1C(=O)c1ccccc1. The normalized spacial score (nSPS) is 9.65. The molecule has 0 atom stereocenters. The Kier molecular flexibility index (Phi) is 2.97. The van der Waals surface area contributed by atoms with E-state index in [0.717, 1.165) is 0 Å². The van der Waals surface area contributed by atoms with Gasteiger partial charge in [0.15, 0.2) is 5.78 Å². The quantitative estimate of drug-likeness (QED) is 0.737. The van der Waals surface area contributed by atoms with Gasteiger partial charge >= 0.3 is 0 Å².